The van der Waals surface area contributed by atoms with Crippen LogP contribution in [0.2, 0.25) is 10.0 Å². The predicted molar refractivity (Wildman–Crippen MR) is 162 cm³/mol. The van der Waals surface area contributed by atoms with E-state index in [2.05, 4.69) is 25.6 Å². The number of nitrogens with one attached hydrogen (secondary N) is 2. The first kappa shape index (κ1) is 32.6. The summed E-state index contributed by atoms with van der Waals surface area (Å²) in [5, 5.41) is 5.66. The van der Waals surface area contributed by atoms with E-state index in [1.807, 2.05) is 0 Å². The minimum atomic E-state index is -4.63. The quantitative estimate of drug-likeness (QED) is 0.199. The molecule has 46 heavy (non-hydrogen) atoms. The molecule has 5 rings (SSSR count). The van der Waals surface area contributed by atoms with Crippen molar-refractivity contribution in [2.75, 3.05) is 11.9 Å². The number of nitrogens with zero attached hydrogens (tertiary/aromatic N) is 3. The Balaban J connectivity index is 1.48. The van der Waals surface area contributed by atoms with Gasteiger partial charge in [0, 0.05) is 21.8 Å². The number of anilines is 1. The van der Waals surface area contributed by atoms with Crippen LogP contribution in [-0.4, -0.2) is 40.3 Å². The molecule has 4 aromatic rings. The summed E-state index contributed by atoms with van der Waals surface area (Å²) in [7, 11) is 0. The van der Waals surface area contributed by atoms with Crippen molar-refractivity contribution in [1.82, 2.24) is 15.3 Å². The Morgan fingerprint density at radius 2 is 1.85 bits per heavy atom. The molecule has 1 aliphatic rings. The van der Waals surface area contributed by atoms with E-state index in [0.717, 1.165) is 18.3 Å². The van der Waals surface area contributed by atoms with Crippen LogP contribution in [0.5, 0.6) is 11.6 Å². The van der Waals surface area contributed by atoms with Crippen molar-refractivity contribution >= 4 is 46.4 Å². The first-order chi connectivity index (χ1) is 21.8. The lowest BCUT2D eigenvalue weighted by Crippen LogP contribution is -2.42. The number of halogens is 6. The van der Waals surface area contributed by atoms with Gasteiger partial charge in [-0.15, -0.1) is 0 Å². The highest BCUT2D eigenvalue weighted by Gasteiger charge is 2.33. The number of fused-ring (bicyclic) bond motifs is 1. The fourth-order valence-electron chi connectivity index (χ4n) is 4.56. The highest BCUT2D eigenvalue weighted by Crippen LogP contribution is 2.36. The maximum absolute atomic E-state index is 14.3. The van der Waals surface area contributed by atoms with Crippen molar-refractivity contribution in [2.45, 2.75) is 32.8 Å². The zero-order valence-electron chi connectivity index (χ0n) is 24.0. The number of carbonyl (C=O) groups is 2. The number of alkyl halides is 3. The standard InChI is InChI=1S/C31H23Cl2F4N5O4/c1-3-45-23-11-17(32)10-21(33)25(23)26-19-6-4-5-7-22(19)40-29(44)27(41-26)42-28(43)20-12-18(34)13-38-30(20)46-14-16-8-9-24(31(35,36)37)39-15(16)2/h4-13,27H,3,14H2,1-2H3,(H,40,44)(H,42,43). The van der Waals surface area contributed by atoms with Gasteiger partial charge in [-0.25, -0.2) is 19.4 Å². The fourth-order valence-corrected chi connectivity index (χ4v) is 5.12. The Bertz CT molecular complexity index is 1870. The van der Waals surface area contributed by atoms with Crippen LogP contribution >= 0.6 is 23.2 Å². The average Bonchev–Trinajstić information content (AvgIpc) is 3.12. The van der Waals surface area contributed by atoms with E-state index < -0.39 is 41.2 Å². The second-order valence-electron chi connectivity index (χ2n) is 9.82. The van der Waals surface area contributed by atoms with Crippen LogP contribution in [0.3, 0.4) is 0 Å². The SMILES string of the molecule is CCOc1cc(Cl)cc(Cl)c1C1=NC(NC(=O)c2cc(F)cnc2OCc2ccc(C(F)(F)F)nc2C)C(=O)Nc2ccccc21. The third kappa shape index (κ3) is 7.05. The molecule has 15 heteroatoms. The monoisotopic (exact) mass is 675 g/mol. The lowest BCUT2D eigenvalue weighted by molar-refractivity contribution is -0.141. The number of ether oxygens (including phenoxy) is 2. The Kier molecular flexibility index (Phi) is 9.44. The highest BCUT2D eigenvalue weighted by molar-refractivity contribution is 6.39. The van der Waals surface area contributed by atoms with Crippen LogP contribution < -0.4 is 20.1 Å². The number of pyridine rings is 2. The molecule has 0 spiro atoms. The third-order valence-electron chi connectivity index (χ3n) is 6.68. The fraction of sp³-hybridized carbons (Fsp3) is 0.194. The number of para-hydroxylation sites is 1. The van der Waals surface area contributed by atoms with Gasteiger partial charge in [0.05, 0.1) is 34.8 Å². The number of aliphatic imine (C=N–C) groups is 1. The zero-order chi connectivity index (χ0) is 33.2. The maximum atomic E-state index is 14.3. The lowest BCUT2D eigenvalue weighted by Gasteiger charge is -2.17. The molecule has 1 unspecified atom stereocenters. The van der Waals surface area contributed by atoms with E-state index in [9.17, 15) is 27.2 Å². The van der Waals surface area contributed by atoms with Gasteiger partial charge in [-0.05, 0) is 44.2 Å². The first-order valence-electron chi connectivity index (χ1n) is 13.6. The van der Waals surface area contributed by atoms with Crippen molar-refractivity contribution in [2.24, 2.45) is 4.99 Å². The highest BCUT2D eigenvalue weighted by atomic mass is 35.5. The molecule has 2 N–H and O–H groups in total. The van der Waals surface area contributed by atoms with Crippen LogP contribution in [0.1, 0.15) is 45.4 Å². The summed E-state index contributed by atoms with van der Waals surface area (Å²) >= 11 is 12.8. The smallest absolute Gasteiger partial charge is 0.433 e. The molecule has 3 heterocycles. The van der Waals surface area contributed by atoms with Crippen molar-refractivity contribution in [3.05, 3.63) is 110 Å². The molecule has 0 radical (unpaired) electrons. The molecule has 1 atom stereocenters. The topological polar surface area (TPSA) is 115 Å². The van der Waals surface area contributed by atoms with Crippen LogP contribution in [0.25, 0.3) is 0 Å². The maximum Gasteiger partial charge on any atom is 0.433 e. The Morgan fingerprint density at radius 3 is 2.57 bits per heavy atom. The van der Waals surface area contributed by atoms with Crippen LogP contribution in [0, 0.1) is 12.7 Å². The van der Waals surface area contributed by atoms with Crippen molar-refractivity contribution in [1.29, 1.82) is 0 Å². The van der Waals surface area contributed by atoms with Crippen LogP contribution in [-0.2, 0) is 17.6 Å². The van der Waals surface area contributed by atoms with E-state index in [0.29, 0.717) is 21.8 Å². The largest absolute Gasteiger partial charge is 0.493 e. The van der Waals surface area contributed by atoms with Gasteiger partial charge in [-0.1, -0.05) is 47.5 Å². The van der Waals surface area contributed by atoms with E-state index in [-0.39, 0.29) is 46.8 Å². The van der Waals surface area contributed by atoms with Gasteiger partial charge in [0.25, 0.3) is 11.8 Å². The predicted octanol–water partition coefficient (Wildman–Crippen LogP) is 6.77. The van der Waals surface area contributed by atoms with Gasteiger partial charge < -0.3 is 20.1 Å². The van der Waals surface area contributed by atoms with Crippen molar-refractivity contribution in [3.8, 4) is 11.6 Å². The number of rotatable bonds is 8. The molecule has 0 bridgehead atoms. The summed E-state index contributed by atoms with van der Waals surface area (Å²) in [6.07, 6.45) is -5.40. The van der Waals surface area contributed by atoms with Gasteiger partial charge >= 0.3 is 6.18 Å². The molecule has 0 fully saturated rings. The molecular formula is C31H23Cl2F4N5O4. The van der Waals surface area contributed by atoms with E-state index in [1.54, 1.807) is 37.3 Å². The van der Waals surface area contributed by atoms with Gasteiger partial charge in [-0.2, -0.15) is 13.2 Å². The van der Waals surface area contributed by atoms with E-state index in [1.165, 1.54) is 19.1 Å². The number of benzene rings is 2. The molecule has 9 nitrogen and oxygen atoms in total. The minimum Gasteiger partial charge on any atom is -0.493 e. The Morgan fingerprint density at radius 1 is 1.09 bits per heavy atom. The van der Waals surface area contributed by atoms with Gasteiger partial charge in [-0.3, -0.25) is 9.59 Å². The first-order valence-corrected chi connectivity index (χ1v) is 14.3. The Hall–Kier alpha value is -4.75. The summed E-state index contributed by atoms with van der Waals surface area (Å²) in [5.41, 5.74) is 0.172. The summed E-state index contributed by atoms with van der Waals surface area (Å²) in [5.74, 6) is -2.66. The number of hydrogen-bond acceptors (Lipinski definition) is 7. The molecular weight excluding hydrogens is 653 g/mol. The molecule has 2 aromatic carbocycles. The van der Waals surface area contributed by atoms with Gasteiger partial charge in [0.1, 0.15) is 29.4 Å². The molecule has 2 amide bonds. The van der Waals surface area contributed by atoms with Crippen molar-refractivity contribution < 1.29 is 36.6 Å². The van der Waals surface area contributed by atoms with Crippen LogP contribution in [0.15, 0.2) is 65.8 Å². The number of aryl methyl sites for hydroxylation is 1. The third-order valence-corrected chi connectivity index (χ3v) is 7.20. The molecule has 2 aromatic heterocycles. The number of amides is 2. The van der Waals surface area contributed by atoms with Gasteiger partial charge in [0.15, 0.2) is 0 Å². The molecule has 0 saturated carbocycles. The molecule has 1 aliphatic heterocycles. The van der Waals surface area contributed by atoms with E-state index >= 15 is 0 Å². The normalized spacial score (nSPS) is 14.5. The second kappa shape index (κ2) is 13.3. The molecule has 238 valence electrons. The average molecular weight is 676 g/mol. The summed E-state index contributed by atoms with van der Waals surface area (Å²) in [6.45, 7) is 3.04. The number of carbonyl (C=O) groups excluding carboxylic acids is 2. The Labute approximate surface area is 269 Å². The van der Waals surface area contributed by atoms with E-state index in [4.69, 9.17) is 32.7 Å². The van der Waals surface area contributed by atoms with Crippen molar-refractivity contribution in [3.63, 3.8) is 0 Å². The lowest BCUT2D eigenvalue weighted by atomic mass is 9.99. The minimum absolute atomic E-state index is 0.0341. The zero-order valence-corrected chi connectivity index (χ0v) is 25.5. The summed E-state index contributed by atoms with van der Waals surface area (Å²) < 4.78 is 64.8. The number of hydrogen-bond donors (Lipinski definition) is 2. The summed E-state index contributed by atoms with van der Waals surface area (Å²) in [6, 6.07) is 12.6. The molecule has 0 saturated heterocycles. The summed E-state index contributed by atoms with van der Waals surface area (Å²) in [4.78, 5) is 38.8. The van der Waals surface area contributed by atoms with Crippen LogP contribution in [0.4, 0.5) is 23.2 Å². The molecule has 0 aliphatic carbocycles. The number of benzodiazepines with no additional fused rings is 1. The van der Waals surface area contributed by atoms with Gasteiger partial charge in [0.2, 0.25) is 12.0 Å². The number of aromatic nitrogens is 2. The second-order valence-corrected chi connectivity index (χ2v) is 10.7.